The Morgan fingerprint density at radius 1 is 1.07 bits per heavy atom. The molecule has 0 aliphatic rings. The zero-order valence-electron chi connectivity index (χ0n) is 15.6. The topological polar surface area (TPSA) is 68.2 Å². The van der Waals surface area contributed by atoms with Gasteiger partial charge in [-0.15, -0.1) is 0 Å². The molecule has 5 nitrogen and oxygen atoms in total. The molecule has 1 heterocycles. The van der Waals surface area contributed by atoms with Crippen LogP contribution in [0, 0.1) is 6.92 Å². The van der Waals surface area contributed by atoms with E-state index >= 15 is 0 Å². The number of benzene rings is 2. The minimum absolute atomic E-state index is 0.0783. The highest BCUT2D eigenvalue weighted by atomic mass is 32.2. The average Bonchev–Trinajstić information content (AvgIpc) is 3.03. The zero-order chi connectivity index (χ0) is 19.4. The first-order valence-electron chi connectivity index (χ1n) is 9.07. The Morgan fingerprint density at radius 3 is 2.52 bits per heavy atom. The van der Waals surface area contributed by atoms with Gasteiger partial charge in [-0.3, -0.25) is 4.79 Å². The molecule has 0 aliphatic carbocycles. The number of aromatic nitrogens is 1. The maximum Gasteiger partial charge on any atom is 0.225 e. The summed E-state index contributed by atoms with van der Waals surface area (Å²) in [5, 5.41) is 3.85. The number of carbonyl (C=O) groups is 1. The third-order valence-electron chi connectivity index (χ3n) is 4.50. The van der Waals surface area contributed by atoms with Gasteiger partial charge in [0, 0.05) is 35.8 Å². The Hall–Kier alpha value is -2.60. The van der Waals surface area contributed by atoms with Gasteiger partial charge in [0.15, 0.2) is 9.84 Å². The van der Waals surface area contributed by atoms with Crippen molar-refractivity contribution in [1.82, 2.24) is 4.57 Å². The number of nitrogens with zero attached hydrogens (tertiary/aromatic N) is 1. The first-order valence-corrected chi connectivity index (χ1v) is 10.7. The number of aryl methyl sites for hydroxylation is 2. The SMILES string of the molecule is CCCn1ccc2cc(NC(=O)CCS(=O)(=O)c3ccc(C)cc3)ccc21. The lowest BCUT2D eigenvalue weighted by atomic mass is 10.2. The monoisotopic (exact) mass is 384 g/mol. The van der Waals surface area contributed by atoms with Crippen molar-refractivity contribution in [2.45, 2.75) is 38.1 Å². The molecular weight excluding hydrogens is 360 g/mol. The number of nitrogens with one attached hydrogen (secondary N) is 1. The van der Waals surface area contributed by atoms with Gasteiger partial charge in [-0.2, -0.15) is 0 Å². The van der Waals surface area contributed by atoms with Crippen molar-refractivity contribution < 1.29 is 13.2 Å². The average molecular weight is 385 g/mol. The molecule has 0 spiro atoms. The molecule has 0 bridgehead atoms. The maximum atomic E-state index is 12.4. The molecule has 1 aromatic heterocycles. The fourth-order valence-electron chi connectivity index (χ4n) is 3.03. The summed E-state index contributed by atoms with van der Waals surface area (Å²) in [5.74, 6) is -0.519. The highest BCUT2D eigenvalue weighted by Gasteiger charge is 2.16. The quantitative estimate of drug-likeness (QED) is 0.665. The fourth-order valence-corrected chi connectivity index (χ4v) is 4.27. The molecule has 0 radical (unpaired) electrons. The Labute approximate surface area is 159 Å². The van der Waals surface area contributed by atoms with Crippen molar-refractivity contribution in [3.8, 4) is 0 Å². The van der Waals surface area contributed by atoms with Gasteiger partial charge in [-0.05, 0) is 49.7 Å². The molecule has 0 saturated carbocycles. The summed E-state index contributed by atoms with van der Waals surface area (Å²) in [6, 6.07) is 14.4. The van der Waals surface area contributed by atoms with Gasteiger partial charge in [0.25, 0.3) is 0 Å². The van der Waals surface area contributed by atoms with Gasteiger partial charge in [0.1, 0.15) is 0 Å². The number of hydrogen-bond acceptors (Lipinski definition) is 3. The van der Waals surface area contributed by atoms with Gasteiger partial charge in [-0.25, -0.2) is 8.42 Å². The van der Waals surface area contributed by atoms with Crippen LogP contribution in [0.4, 0.5) is 5.69 Å². The largest absolute Gasteiger partial charge is 0.347 e. The molecule has 0 atom stereocenters. The van der Waals surface area contributed by atoms with E-state index in [0.29, 0.717) is 5.69 Å². The number of carbonyl (C=O) groups excluding carboxylic acids is 1. The van der Waals surface area contributed by atoms with E-state index in [4.69, 9.17) is 0 Å². The Balaban J connectivity index is 1.63. The van der Waals surface area contributed by atoms with E-state index in [0.717, 1.165) is 29.4 Å². The van der Waals surface area contributed by atoms with Crippen LogP contribution in [0.25, 0.3) is 10.9 Å². The number of fused-ring (bicyclic) bond motifs is 1. The number of sulfone groups is 1. The predicted molar refractivity (Wildman–Crippen MR) is 109 cm³/mol. The van der Waals surface area contributed by atoms with E-state index in [2.05, 4.69) is 16.8 Å². The third kappa shape index (κ3) is 4.57. The van der Waals surface area contributed by atoms with Crippen molar-refractivity contribution in [2.24, 2.45) is 0 Å². The summed E-state index contributed by atoms with van der Waals surface area (Å²) >= 11 is 0. The molecule has 1 amide bonds. The summed E-state index contributed by atoms with van der Waals surface area (Å²) in [7, 11) is -3.47. The van der Waals surface area contributed by atoms with E-state index in [1.807, 2.05) is 37.4 Å². The maximum absolute atomic E-state index is 12.4. The summed E-state index contributed by atoms with van der Waals surface area (Å²) < 4.78 is 26.9. The number of amides is 1. The molecule has 3 aromatic rings. The standard InChI is InChI=1S/C21H24N2O3S/c1-3-12-23-13-10-17-15-18(6-9-20(17)23)22-21(24)11-14-27(25,26)19-7-4-16(2)5-8-19/h4-10,13,15H,3,11-12,14H2,1-2H3,(H,22,24). The zero-order valence-corrected chi connectivity index (χ0v) is 16.4. The molecule has 6 heteroatoms. The van der Waals surface area contributed by atoms with Crippen LogP contribution in [0.5, 0.6) is 0 Å². The molecule has 0 aliphatic heterocycles. The second-order valence-electron chi connectivity index (χ2n) is 6.71. The lowest BCUT2D eigenvalue weighted by Crippen LogP contribution is -2.17. The van der Waals surface area contributed by atoms with Gasteiger partial charge >= 0.3 is 0 Å². The van der Waals surface area contributed by atoms with E-state index < -0.39 is 9.84 Å². The van der Waals surface area contributed by atoms with Crippen LogP contribution in [0.3, 0.4) is 0 Å². The first kappa shape index (κ1) is 19.2. The number of rotatable bonds is 7. The Kier molecular flexibility index (Phi) is 5.65. The molecule has 0 saturated heterocycles. The van der Waals surface area contributed by atoms with E-state index in [9.17, 15) is 13.2 Å². The molecule has 0 unspecified atom stereocenters. The predicted octanol–water partition coefficient (Wildman–Crippen LogP) is 4.16. The Morgan fingerprint density at radius 2 is 1.81 bits per heavy atom. The minimum Gasteiger partial charge on any atom is -0.347 e. The molecule has 2 aromatic carbocycles. The molecular formula is C21H24N2O3S. The van der Waals surface area contributed by atoms with Crippen molar-refractivity contribution >= 4 is 32.3 Å². The summed E-state index contributed by atoms with van der Waals surface area (Å²) in [6.45, 7) is 4.98. The molecule has 1 N–H and O–H groups in total. The van der Waals surface area contributed by atoms with Crippen LogP contribution >= 0.6 is 0 Å². The third-order valence-corrected chi connectivity index (χ3v) is 6.23. The normalized spacial score (nSPS) is 11.6. The molecule has 142 valence electrons. The van der Waals surface area contributed by atoms with Crippen molar-refractivity contribution in [2.75, 3.05) is 11.1 Å². The first-order chi connectivity index (χ1) is 12.9. The summed E-state index contributed by atoms with van der Waals surface area (Å²) in [6.07, 6.45) is 3.01. The molecule has 27 heavy (non-hydrogen) atoms. The lowest BCUT2D eigenvalue weighted by molar-refractivity contribution is -0.115. The smallest absolute Gasteiger partial charge is 0.225 e. The van der Waals surface area contributed by atoms with Gasteiger partial charge in [0.05, 0.1) is 10.6 Å². The van der Waals surface area contributed by atoms with Gasteiger partial charge in [0.2, 0.25) is 5.91 Å². The van der Waals surface area contributed by atoms with Crippen LogP contribution in [0.1, 0.15) is 25.3 Å². The minimum atomic E-state index is -3.47. The van der Waals surface area contributed by atoms with Gasteiger partial charge < -0.3 is 9.88 Å². The van der Waals surface area contributed by atoms with Crippen LogP contribution < -0.4 is 5.32 Å². The van der Waals surface area contributed by atoms with Gasteiger partial charge in [-0.1, -0.05) is 24.6 Å². The van der Waals surface area contributed by atoms with Crippen LogP contribution in [-0.2, 0) is 21.2 Å². The summed E-state index contributed by atoms with van der Waals surface area (Å²) in [5.41, 5.74) is 2.79. The lowest BCUT2D eigenvalue weighted by Gasteiger charge is -2.08. The van der Waals surface area contributed by atoms with Crippen molar-refractivity contribution in [1.29, 1.82) is 0 Å². The van der Waals surface area contributed by atoms with E-state index in [1.54, 1.807) is 24.3 Å². The van der Waals surface area contributed by atoms with E-state index in [-0.39, 0.29) is 23.0 Å². The second-order valence-corrected chi connectivity index (χ2v) is 8.82. The van der Waals surface area contributed by atoms with E-state index in [1.165, 1.54) is 0 Å². The fraction of sp³-hybridized carbons (Fsp3) is 0.286. The number of hydrogen-bond donors (Lipinski definition) is 1. The molecule has 3 rings (SSSR count). The van der Waals surface area contributed by atoms with Crippen LogP contribution in [0.15, 0.2) is 59.6 Å². The van der Waals surface area contributed by atoms with Crippen molar-refractivity contribution in [3.63, 3.8) is 0 Å². The highest BCUT2D eigenvalue weighted by molar-refractivity contribution is 7.91. The molecule has 0 fully saturated rings. The van der Waals surface area contributed by atoms with Crippen LogP contribution in [0.2, 0.25) is 0 Å². The highest BCUT2D eigenvalue weighted by Crippen LogP contribution is 2.21. The Bertz CT molecular complexity index is 1050. The second kappa shape index (κ2) is 7.96. The van der Waals surface area contributed by atoms with Crippen molar-refractivity contribution in [3.05, 3.63) is 60.3 Å². The number of anilines is 1. The summed E-state index contributed by atoms with van der Waals surface area (Å²) in [4.78, 5) is 12.5. The van der Waals surface area contributed by atoms with Crippen LogP contribution in [-0.4, -0.2) is 24.6 Å².